The Hall–Kier alpha value is -4.16. The van der Waals surface area contributed by atoms with Crippen molar-refractivity contribution in [2.75, 3.05) is 6.54 Å². The highest BCUT2D eigenvalue weighted by atomic mass is 16.5. The first kappa shape index (κ1) is 42.3. The van der Waals surface area contributed by atoms with Crippen LogP contribution < -0.4 is 0 Å². The molecule has 0 aromatic heterocycles. The van der Waals surface area contributed by atoms with Gasteiger partial charge in [0.2, 0.25) is 0 Å². The van der Waals surface area contributed by atoms with Crippen molar-refractivity contribution < 1.29 is 24.2 Å². The van der Waals surface area contributed by atoms with E-state index in [1.807, 2.05) is 20.8 Å². The van der Waals surface area contributed by atoms with Gasteiger partial charge in [-0.05, 0) is 124 Å². The number of allylic oxidation sites excluding steroid dienone is 4. The predicted molar refractivity (Wildman–Crippen MR) is 211 cm³/mol. The smallest absolute Gasteiger partial charge is 0.316 e. The zero-order valence-corrected chi connectivity index (χ0v) is 33.4. The lowest BCUT2D eigenvalue weighted by Gasteiger charge is -2.29. The summed E-state index contributed by atoms with van der Waals surface area (Å²) >= 11 is 0. The Bertz CT molecular complexity index is 1700. The highest BCUT2D eigenvalue weighted by Gasteiger charge is 2.35. The lowest BCUT2D eigenvalue weighted by Crippen LogP contribution is -2.27. The van der Waals surface area contributed by atoms with Crippen molar-refractivity contribution in [1.29, 1.82) is 0 Å². The number of aryl methyl sites for hydroxylation is 6. The van der Waals surface area contributed by atoms with Crippen LogP contribution in [0.3, 0.4) is 0 Å². The lowest BCUT2D eigenvalue weighted by molar-refractivity contribution is -0.149. The fraction of sp³-hybridized carbons (Fsp3) is 0.568. The van der Waals surface area contributed by atoms with Crippen LogP contribution in [0.4, 0.5) is 0 Å². The largest absolute Gasteiger partial charge is 0.512 e. The van der Waals surface area contributed by atoms with Crippen LogP contribution in [0.25, 0.3) is 21.6 Å². The van der Waals surface area contributed by atoms with Gasteiger partial charge in [0, 0.05) is 37.1 Å². The minimum atomic E-state index is -0.604. The Kier molecular flexibility index (Phi) is 15.5. The van der Waals surface area contributed by atoms with E-state index in [1.165, 1.54) is 22.3 Å². The Labute approximate surface area is 311 Å². The minimum Gasteiger partial charge on any atom is -0.512 e. The van der Waals surface area contributed by atoms with Crippen molar-refractivity contribution in [1.82, 2.24) is 0 Å². The average Bonchev–Trinajstić information content (AvgIpc) is 3.08. The Morgan fingerprint density at radius 1 is 0.769 bits per heavy atom. The van der Waals surface area contributed by atoms with E-state index in [-0.39, 0.29) is 35.1 Å². The number of hydrogen-bond donors (Lipinski definition) is 1. The third-order valence-electron chi connectivity index (χ3n) is 10.2. The van der Waals surface area contributed by atoms with Crippen LogP contribution in [0.5, 0.6) is 0 Å². The molecule has 8 nitrogen and oxygen atoms in total. The number of aliphatic hydroxyl groups excluding tert-OH is 1. The summed E-state index contributed by atoms with van der Waals surface area (Å²) in [7, 11) is 0. The maximum atomic E-state index is 13.3. The van der Waals surface area contributed by atoms with E-state index in [0.29, 0.717) is 55.6 Å². The van der Waals surface area contributed by atoms with Crippen molar-refractivity contribution in [2.45, 2.75) is 140 Å². The molecule has 2 aliphatic rings. The summed E-state index contributed by atoms with van der Waals surface area (Å²) in [6, 6.07) is 8.54. The molecule has 1 N–H and O–H groups in total. The van der Waals surface area contributed by atoms with Gasteiger partial charge in [0.25, 0.3) is 0 Å². The number of ketones is 2. The molecule has 4 rings (SSSR count). The molecule has 0 radical (unpaired) electrons. The molecule has 0 aliphatic heterocycles. The molecule has 8 heteroatoms. The van der Waals surface area contributed by atoms with Crippen molar-refractivity contribution in [3.63, 3.8) is 0 Å². The van der Waals surface area contributed by atoms with Gasteiger partial charge < -0.3 is 9.84 Å². The van der Waals surface area contributed by atoms with Crippen molar-refractivity contribution in [2.24, 2.45) is 22.4 Å². The molecule has 0 saturated heterocycles. The van der Waals surface area contributed by atoms with Crippen LogP contribution in [0, 0.1) is 31.1 Å². The summed E-state index contributed by atoms with van der Waals surface area (Å²) in [5, 5.41) is 14.1. The Morgan fingerprint density at radius 3 is 1.62 bits per heavy atom. The molecule has 0 amide bonds. The van der Waals surface area contributed by atoms with Gasteiger partial charge in [-0.3, -0.25) is 14.4 Å². The van der Waals surface area contributed by atoms with E-state index in [2.05, 4.69) is 82.8 Å². The third kappa shape index (κ3) is 10.5. The van der Waals surface area contributed by atoms with Crippen molar-refractivity contribution in [3.8, 4) is 0 Å². The SMILES string of the molecule is CCCC1CC(=O)C(c2c(CC)cc(C)cc2CC)=C(OC(=O)C(C)(C)C)C1.CCc1cc(C)cc(CC)c1C1=C(O)CC(CCN=[N+]=[N-])CC1=O. The molecule has 2 atom stereocenters. The first-order chi connectivity index (χ1) is 24.6. The highest BCUT2D eigenvalue weighted by molar-refractivity contribution is 6.23. The fourth-order valence-electron chi connectivity index (χ4n) is 7.59. The molecule has 0 spiro atoms. The summed E-state index contributed by atoms with van der Waals surface area (Å²) < 4.78 is 5.92. The van der Waals surface area contributed by atoms with E-state index < -0.39 is 5.41 Å². The van der Waals surface area contributed by atoms with Gasteiger partial charge in [-0.1, -0.05) is 81.5 Å². The number of carbonyl (C=O) groups is 3. The molecule has 0 bridgehead atoms. The molecule has 2 unspecified atom stereocenters. The summed E-state index contributed by atoms with van der Waals surface area (Å²) in [5.74, 6) is 0.922. The summed E-state index contributed by atoms with van der Waals surface area (Å²) in [6.45, 7) is 20.6. The van der Waals surface area contributed by atoms with Crippen molar-refractivity contribution >= 4 is 28.7 Å². The van der Waals surface area contributed by atoms with Gasteiger partial charge in [0.15, 0.2) is 11.6 Å². The summed E-state index contributed by atoms with van der Waals surface area (Å²) in [5.41, 5.74) is 17.8. The van der Waals surface area contributed by atoms with E-state index in [0.717, 1.165) is 60.8 Å². The van der Waals surface area contributed by atoms with E-state index >= 15 is 0 Å². The normalized spacial score (nSPS) is 17.8. The minimum absolute atomic E-state index is 0.00191. The number of rotatable bonds is 12. The number of nitrogens with zero attached hydrogens (tertiary/aromatic N) is 3. The molecule has 282 valence electrons. The van der Waals surface area contributed by atoms with E-state index in [1.54, 1.807) is 0 Å². The number of benzene rings is 2. The maximum Gasteiger partial charge on any atom is 0.316 e. The van der Waals surface area contributed by atoms with Crippen LogP contribution in [0.1, 0.15) is 145 Å². The van der Waals surface area contributed by atoms with Crippen LogP contribution in [0.15, 0.2) is 40.9 Å². The average molecular weight is 712 g/mol. The molecular formula is C44H61N3O5. The molecular weight excluding hydrogens is 651 g/mol. The zero-order chi connectivity index (χ0) is 38.7. The number of hydrogen-bond acceptors (Lipinski definition) is 6. The molecule has 0 heterocycles. The number of carbonyl (C=O) groups excluding carboxylic acids is 3. The molecule has 2 aromatic rings. The van der Waals surface area contributed by atoms with Crippen LogP contribution in [-0.2, 0) is 44.8 Å². The second-order valence-corrected chi connectivity index (χ2v) is 15.5. The topological polar surface area (TPSA) is 129 Å². The lowest BCUT2D eigenvalue weighted by atomic mass is 9.78. The first-order valence-electron chi connectivity index (χ1n) is 19.3. The van der Waals surface area contributed by atoms with Gasteiger partial charge in [-0.15, -0.1) is 0 Å². The van der Waals surface area contributed by atoms with Crippen molar-refractivity contribution in [3.05, 3.63) is 90.7 Å². The standard InChI is InChI=1S/C25H36O3.C19H25N3O2/c1-8-11-17-14-20(26)23(21(15-17)28-24(27)25(5,6)7)22-18(9-2)12-16(4)13-19(22)10-3;1-4-14-8-12(3)9-15(5-2)18(14)19-16(23)10-13(11-17(19)24)6-7-21-22-20/h12-13,17H,8-11,14-15H2,1-7H3;8-9,13,23H,4-7,10-11H2,1-3H3. The van der Waals surface area contributed by atoms with Gasteiger partial charge >= 0.3 is 5.97 Å². The Balaban J connectivity index is 0.000000284. The number of ether oxygens (including phenoxy) is 1. The van der Waals surface area contributed by atoms with Gasteiger partial charge in [-0.2, -0.15) is 0 Å². The summed E-state index contributed by atoms with van der Waals surface area (Å²) in [4.78, 5) is 41.5. The quantitative estimate of drug-likeness (QED) is 0.101. The van der Waals surface area contributed by atoms with Gasteiger partial charge in [-0.25, -0.2) is 0 Å². The first-order valence-corrected chi connectivity index (χ1v) is 19.3. The monoisotopic (exact) mass is 711 g/mol. The second kappa shape index (κ2) is 19.1. The number of esters is 1. The molecule has 0 fully saturated rings. The molecule has 2 aromatic carbocycles. The zero-order valence-electron chi connectivity index (χ0n) is 33.4. The number of Topliss-reactive ketones (excluding diaryl/α,β-unsaturated/α-hetero) is 2. The Morgan fingerprint density at radius 2 is 1.21 bits per heavy atom. The van der Waals surface area contributed by atoms with Gasteiger partial charge in [0.1, 0.15) is 11.5 Å². The molecule has 2 aliphatic carbocycles. The number of aliphatic hydroxyl groups is 1. The number of azide groups is 1. The van der Waals surface area contributed by atoms with E-state index in [4.69, 9.17) is 10.3 Å². The van der Waals surface area contributed by atoms with E-state index in [9.17, 15) is 19.5 Å². The third-order valence-corrected chi connectivity index (χ3v) is 10.2. The predicted octanol–water partition coefficient (Wildman–Crippen LogP) is 11.3. The molecule has 52 heavy (non-hydrogen) atoms. The van der Waals surface area contributed by atoms with Crippen LogP contribution in [0.2, 0.25) is 0 Å². The van der Waals surface area contributed by atoms with Crippen LogP contribution >= 0.6 is 0 Å². The fourth-order valence-corrected chi connectivity index (χ4v) is 7.59. The molecule has 0 saturated carbocycles. The maximum absolute atomic E-state index is 13.3. The van der Waals surface area contributed by atoms with Crippen LogP contribution in [-0.4, -0.2) is 29.2 Å². The highest BCUT2D eigenvalue weighted by Crippen LogP contribution is 2.40. The summed E-state index contributed by atoms with van der Waals surface area (Å²) in [6.07, 6.45) is 8.06. The van der Waals surface area contributed by atoms with Gasteiger partial charge in [0.05, 0.1) is 16.6 Å². The second-order valence-electron chi connectivity index (χ2n) is 15.5.